The average Bonchev–Trinajstić information content (AvgIpc) is 3.03. The molecule has 0 unspecified atom stereocenters. The zero-order valence-corrected chi connectivity index (χ0v) is 11.5. The highest BCUT2D eigenvalue weighted by Gasteiger charge is 2.30. The molecule has 0 aliphatic rings. The first-order chi connectivity index (χ1) is 10.9. The van der Waals surface area contributed by atoms with Gasteiger partial charge < -0.3 is 4.98 Å². The fourth-order valence-electron chi connectivity index (χ4n) is 1.57. The van der Waals surface area contributed by atoms with Crippen LogP contribution in [-0.2, 0) is 11.0 Å². The minimum Gasteiger partial charge on any atom is -0.345 e. The molecule has 2 rings (SSSR count). The van der Waals surface area contributed by atoms with E-state index in [1.165, 1.54) is 18.6 Å². The van der Waals surface area contributed by atoms with Gasteiger partial charge in [-0.05, 0) is 30.3 Å². The van der Waals surface area contributed by atoms with Crippen molar-refractivity contribution in [2.24, 2.45) is 0 Å². The van der Waals surface area contributed by atoms with E-state index >= 15 is 0 Å². The van der Waals surface area contributed by atoms with Gasteiger partial charge in [0, 0.05) is 11.6 Å². The van der Waals surface area contributed by atoms with Crippen LogP contribution in [0, 0.1) is 0 Å². The standard InChI is InChI=1S/C14H11F3N4O2/c15-14(16,17)10-3-1-9(2-4-10)13(23)21-20-12(22)6-5-11-7-18-8-19-11/h1-8H,(H,18,19)(H,20,22)(H,21,23)/b6-5+. The van der Waals surface area contributed by atoms with Crippen LogP contribution in [0.4, 0.5) is 13.2 Å². The minimum atomic E-state index is -4.47. The smallest absolute Gasteiger partial charge is 0.345 e. The molecule has 0 bridgehead atoms. The van der Waals surface area contributed by atoms with Crippen LogP contribution in [-0.4, -0.2) is 21.8 Å². The van der Waals surface area contributed by atoms with Crippen molar-refractivity contribution in [2.45, 2.75) is 6.18 Å². The summed E-state index contributed by atoms with van der Waals surface area (Å²) in [4.78, 5) is 29.7. The van der Waals surface area contributed by atoms with E-state index in [0.29, 0.717) is 5.69 Å². The van der Waals surface area contributed by atoms with E-state index < -0.39 is 23.6 Å². The Bertz CT molecular complexity index is 707. The first kappa shape index (κ1) is 16.3. The highest BCUT2D eigenvalue weighted by atomic mass is 19.4. The van der Waals surface area contributed by atoms with Crippen LogP contribution in [0.5, 0.6) is 0 Å². The largest absolute Gasteiger partial charge is 0.416 e. The Kier molecular flexibility index (Phi) is 4.79. The van der Waals surface area contributed by atoms with E-state index in [-0.39, 0.29) is 5.56 Å². The van der Waals surface area contributed by atoms with Gasteiger partial charge in [-0.2, -0.15) is 13.2 Å². The number of hydrogen-bond acceptors (Lipinski definition) is 3. The zero-order valence-electron chi connectivity index (χ0n) is 11.5. The number of benzene rings is 1. The third kappa shape index (κ3) is 4.70. The SMILES string of the molecule is O=C(/C=C/c1cnc[nH]1)NNC(=O)c1ccc(C(F)(F)F)cc1. The van der Waals surface area contributed by atoms with Gasteiger partial charge in [-0.25, -0.2) is 4.98 Å². The summed E-state index contributed by atoms with van der Waals surface area (Å²) in [5.41, 5.74) is 3.91. The number of rotatable bonds is 3. The molecule has 3 N–H and O–H groups in total. The number of nitrogens with zero attached hydrogens (tertiary/aromatic N) is 1. The molecule has 0 aliphatic carbocycles. The lowest BCUT2D eigenvalue weighted by molar-refractivity contribution is -0.137. The molecule has 2 amide bonds. The fraction of sp³-hybridized carbons (Fsp3) is 0.0714. The maximum Gasteiger partial charge on any atom is 0.416 e. The maximum atomic E-state index is 12.4. The predicted molar refractivity (Wildman–Crippen MR) is 74.7 cm³/mol. The van der Waals surface area contributed by atoms with Gasteiger partial charge in [0.1, 0.15) is 0 Å². The van der Waals surface area contributed by atoms with Crippen LogP contribution in [0.1, 0.15) is 21.6 Å². The van der Waals surface area contributed by atoms with E-state index in [9.17, 15) is 22.8 Å². The number of carbonyl (C=O) groups is 2. The van der Waals surface area contributed by atoms with Crippen LogP contribution in [0.25, 0.3) is 6.08 Å². The molecule has 1 heterocycles. The van der Waals surface area contributed by atoms with Gasteiger partial charge >= 0.3 is 6.18 Å². The van der Waals surface area contributed by atoms with Crippen LogP contribution in [0.3, 0.4) is 0 Å². The van der Waals surface area contributed by atoms with Crippen LogP contribution in [0.15, 0.2) is 42.9 Å². The maximum absolute atomic E-state index is 12.4. The van der Waals surface area contributed by atoms with Gasteiger partial charge in [-0.15, -0.1) is 0 Å². The predicted octanol–water partition coefficient (Wildman–Crippen LogP) is 1.90. The van der Waals surface area contributed by atoms with Crippen molar-refractivity contribution in [2.75, 3.05) is 0 Å². The third-order valence-electron chi connectivity index (χ3n) is 2.71. The fourth-order valence-corrected chi connectivity index (χ4v) is 1.57. The molecule has 2 aromatic rings. The number of halogens is 3. The first-order valence-corrected chi connectivity index (χ1v) is 6.30. The number of alkyl halides is 3. The Morgan fingerprint density at radius 2 is 1.83 bits per heavy atom. The normalized spacial score (nSPS) is 11.4. The molecular weight excluding hydrogens is 313 g/mol. The highest BCUT2D eigenvalue weighted by Crippen LogP contribution is 2.28. The molecule has 0 fully saturated rings. The van der Waals surface area contributed by atoms with Crippen LogP contribution < -0.4 is 10.9 Å². The lowest BCUT2D eigenvalue weighted by Crippen LogP contribution is -2.40. The number of nitrogens with one attached hydrogen (secondary N) is 3. The van der Waals surface area contributed by atoms with E-state index in [2.05, 4.69) is 20.8 Å². The molecule has 0 radical (unpaired) electrons. The summed E-state index contributed by atoms with van der Waals surface area (Å²) in [6.45, 7) is 0. The van der Waals surface area contributed by atoms with Crippen molar-refractivity contribution in [1.82, 2.24) is 20.8 Å². The second-order valence-corrected chi connectivity index (χ2v) is 4.36. The summed E-state index contributed by atoms with van der Waals surface area (Å²) < 4.78 is 37.2. The summed E-state index contributed by atoms with van der Waals surface area (Å²) in [7, 11) is 0. The third-order valence-corrected chi connectivity index (χ3v) is 2.71. The van der Waals surface area contributed by atoms with Gasteiger partial charge in [0.05, 0.1) is 23.8 Å². The molecule has 6 nitrogen and oxygen atoms in total. The number of hydrogen-bond donors (Lipinski definition) is 3. The molecule has 23 heavy (non-hydrogen) atoms. The highest BCUT2D eigenvalue weighted by molar-refractivity contribution is 5.97. The Hall–Kier alpha value is -3.10. The van der Waals surface area contributed by atoms with Crippen molar-refractivity contribution in [1.29, 1.82) is 0 Å². The Balaban J connectivity index is 1.88. The molecule has 9 heteroatoms. The summed E-state index contributed by atoms with van der Waals surface area (Å²) in [5.74, 6) is -1.35. The number of aromatic amines is 1. The second-order valence-electron chi connectivity index (χ2n) is 4.36. The van der Waals surface area contributed by atoms with Crippen molar-refractivity contribution < 1.29 is 22.8 Å². The number of aromatic nitrogens is 2. The lowest BCUT2D eigenvalue weighted by atomic mass is 10.1. The van der Waals surface area contributed by atoms with E-state index in [1.807, 2.05) is 0 Å². The lowest BCUT2D eigenvalue weighted by Gasteiger charge is -2.08. The van der Waals surface area contributed by atoms with Crippen molar-refractivity contribution >= 4 is 17.9 Å². The van der Waals surface area contributed by atoms with Gasteiger partial charge in [-0.1, -0.05) is 0 Å². The zero-order chi connectivity index (χ0) is 16.9. The second kappa shape index (κ2) is 6.77. The molecular formula is C14H11F3N4O2. The van der Waals surface area contributed by atoms with Gasteiger partial charge in [0.15, 0.2) is 0 Å². The van der Waals surface area contributed by atoms with Gasteiger partial charge in [0.25, 0.3) is 11.8 Å². The molecule has 0 atom stereocenters. The molecule has 120 valence electrons. The summed E-state index contributed by atoms with van der Waals surface area (Å²) in [6, 6.07) is 3.61. The van der Waals surface area contributed by atoms with Gasteiger partial charge in [-0.3, -0.25) is 20.4 Å². The number of hydrazine groups is 1. The molecule has 1 aromatic heterocycles. The van der Waals surface area contributed by atoms with Gasteiger partial charge in [0.2, 0.25) is 0 Å². The molecule has 0 saturated carbocycles. The molecule has 0 spiro atoms. The monoisotopic (exact) mass is 324 g/mol. The summed E-state index contributed by atoms with van der Waals surface area (Å²) in [5, 5.41) is 0. The number of amides is 2. The first-order valence-electron chi connectivity index (χ1n) is 6.30. The average molecular weight is 324 g/mol. The molecule has 0 aliphatic heterocycles. The van der Waals surface area contributed by atoms with E-state index in [1.54, 1.807) is 0 Å². The Labute approximate surface area is 128 Å². The quantitative estimate of drug-likeness (QED) is 0.595. The van der Waals surface area contributed by atoms with Crippen molar-refractivity contribution in [3.8, 4) is 0 Å². The number of H-pyrrole nitrogens is 1. The van der Waals surface area contributed by atoms with Crippen molar-refractivity contribution in [3.63, 3.8) is 0 Å². The van der Waals surface area contributed by atoms with E-state index in [4.69, 9.17) is 0 Å². The van der Waals surface area contributed by atoms with Crippen LogP contribution >= 0.6 is 0 Å². The Morgan fingerprint density at radius 1 is 1.13 bits per heavy atom. The molecule has 0 saturated heterocycles. The minimum absolute atomic E-state index is 0.0177. The van der Waals surface area contributed by atoms with E-state index in [0.717, 1.165) is 30.3 Å². The summed E-state index contributed by atoms with van der Waals surface area (Å²) in [6.07, 6.45) is 1.04. The summed E-state index contributed by atoms with van der Waals surface area (Å²) >= 11 is 0. The van der Waals surface area contributed by atoms with Crippen LogP contribution in [0.2, 0.25) is 0 Å². The van der Waals surface area contributed by atoms with Crippen molar-refractivity contribution in [3.05, 3.63) is 59.7 Å². The number of imidazole rings is 1. The topological polar surface area (TPSA) is 86.9 Å². The number of carbonyl (C=O) groups excluding carboxylic acids is 2. The molecule has 1 aromatic carbocycles. The Morgan fingerprint density at radius 3 is 2.39 bits per heavy atom.